The maximum Gasteiger partial charge on any atom is 0.344 e. The lowest BCUT2D eigenvalue weighted by molar-refractivity contribution is -0.149. The molecule has 2 aromatic carbocycles. The quantitative estimate of drug-likeness (QED) is 0.502. The molecular formula is C23H28N2O8S. The van der Waals surface area contributed by atoms with Crippen LogP contribution in [0.25, 0.3) is 0 Å². The molecule has 0 aliphatic carbocycles. The summed E-state index contributed by atoms with van der Waals surface area (Å²) in [6, 6.07) is 11.1. The number of rotatable bonds is 10. The van der Waals surface area contributed by atoms with Crippen LogP contribution in [0.2, 0.25) is 0 Å². The average molecular weight is 493 g/mol. The number of para-hydroxylation sites is 2. The van der Waals surface area contributed by atoms with Crippen molar-refractivity contribution in [2.75, 3.05) is 45.8 Å². The fourth-order valence-corrected chi connectivity index (χ4v) is 4.99. The number of carbonyl (C=O) groups excluding carboxylic acids is 2. The van der Waals surface area contributed by atoms with Crippen molar-refractivity contribution < 1.29 is 37.0 Å². The van der Waals surface area contributed by atoms with E-state index in [2.05, 4.69) is 5.32 Å². The molecule has 1 aliphatic rings. The highest BCUT2D eigenvalue weighted by molar-refractivity contribution is 7.89. The van der Waals surface area contributed by atoms with E-state index in [1.807, 2.05) is 0 Å². The van der Waals surface area contributed by atoms with Crippen LogP contribution in [-0.2, 0) is 24.3 Å². The molecule has 1 aliphatic heterocycles. The summed E-state index contributed by atoms with van der Waals surface area (Å²) < 4.78 is 48.0. The Labute approximate surface area is 198 Å². The number of piperidine rings is 1. The van der Waals surface area contributed by atoms with E-state index in [0.717, 1.165) is 19.3 Å². The number of sulfonamides is 1. The van der Waals surface area contributed by atoms with Crippen LogP contribution in [0.3, 0.4) is 0 Å². The van der Waals surface area contributed by atoms with Crippen molar-refractivity contribution in [2.24, 2.45) is 0 Å². The van der Waals surface area contributed by atoms with Crippen LogP contribution in [0.15, 0.2) is 47.4 Å². The Balaban J connectivity index is 1.59. The third-order valence-corrected chi connectivity index (χ3v) is 7.07. The Morgan fingerprint density at radius 2 is 1.59 bits per heavy atom. The van der Waals surface area contributed by atoms with Gasteiger partial charge in [-0.1, -0.05) is 18.6 Å². The van der Waals surface area contributed by atoms with Crippen molar-refractivity contribution in [3.8, 4) is 17.2 Å². The first kappa shape index (κ1) is 25.3. The van der Waals surface area contributed by atoms with Gasteiger partial charge < -0.3 is 24.3 Å². The smallest absolute Gasteiger partial charge is 0.344 e. The maximum absolute atomic E-state index is 13.0. The number of nitrogens with zero attached hydrogens (tertiary/aromatic N) is 1. The highest BCUT2D eigenvalue weighted by atomic mass is 32.2. The Morgan fingerprint density at radius 3 is 2.26 bits per heavy atom. The number of methoxy groups -OCH3 is 2. The number of nitrogens with one attached hydrogen (secondary N) is 1. The van der Waals surface area contributed by atoms with Crippen LogP contribution in [0, 0.1) is 0 Å². The van der Waals surface area contributed by atoms with Gasteiger partial charge >= 0.3 is 5.97 Å². The van der Waals surface area contributed by atoms with Gasteiger partial charge in [0.25, 0.3) is 5.91 Å². The highest BCUT2D eigenvalue weighted by Crippen LogP contribution is 2.30. The van der Waals surface area contributed by atoms with E-state index in [4.69, 9.17) is 18.9 Å². The molecule has 11 heteroatoms. The van der Waals surface area contributed by atoms with Gasteiger partial charge in [-0.3, -0.25) is 4.79 Å². The van der Waals surface area contributed by atoms with E-state index >= 15 is 0 Å². The average Bonchev–Trinajstić information content (AvgIpc) is 2.86. The Hall–Kier alpha value is -3.31. The summed E-state index contributed by atoms with van der Waals surface area (Å²) in [5.41, 5.74) is 0.159. The number of hydrogen-bond donors (Lipinski definition) is 1. The molecule has 184 valence electrons. The Kier molecular flexibility index (Phi) is 8.72. The zero-order chi connectivity index (χ0) is 24.6. The highest BCUT2D eigenvalue weighted by Gasteiger charge is 2.27. The third kappa shape index (κ3) is 6.39. The second kappa shape index (κ2) is 11.7. The molecule has 0 bridgehead atoms. The molecular weight excluding hydrogens is 464 g/mol. The zero-order valence-electron chi connectivity index (χ0n) is 19.1. The molecule has 10 nitrogen and oxygen atoms in total. The van der Waals surface area contributed by atoms with Crippen molar-refractivity contribution in [1.29, 1.82) is 0 Å². The zero-order valence-corrected chi connectivity index (χ0v) is 19.9. The summed E-state index contributed by atoms with van der Waals surface area (Å²) in [4.78, 5) is 24.4. The fraction of sp³-hybridized carbons (Fsp3) is 0.391. The number of hydrogen-bond acceptors (Lipinski definition) is 8. The SMILES string of the molecule is COc1ccc(S(=O)(=O)N2CCCCC2)cc1NC(=O)COC(=O)COc1ccccc1OC. The summed E-state index contributed by atoms with van der Waals surface area (Å²) in [5, 5.41) is 2.54. The lowest BCUT2D eigenvalue weighted by Crippen LogP contribution is -2.35. The van der Waals surface area contributed by atoms with Crippen molar-refractivity contribution in [2.45, 2.75) is 24.2 Å². The molecule has 1 saturated heterocycles. The van der Waals surface area contributed by atoms with Gasteiger partial charge in [-0.2, -0.15) is 4.31 Å². The van der Waals surface area contributed by atoms with E-state index < -0.39 is 35.1 Å². The van der Waals surface area contributed by atoms with Crippen LogP contribution in [0.5, 0.6) is 17.2 Å². The molecule has 1 amide bonds. The molecule has 0 spiro atoms. The second-order valence-electron chi connectivity index (χ2n) is 7.48. The van der Waals surface area contributed by atoms with Crippen molar-refractivity contribution in [3.63, 3.8) is 0 Å². The van der Waals surface area contributed by atoms with E-state index in [0.29, 0.717) is 24.6 Å². The molecule has 0 radical (unpaired) electrons. The van der Waals surface area contributed by atoms with Crippen LogP contribution in [0.4, 0.5) is 5.69 Å². The van der Waals surface area contributed by atoms with Crippen molar-refractivity contribution >= 4 is 27.6 Å². The lowest BCUT2D eigenvalue weighted by Gasteiger charge is -2.26. The first-order valence-corrected chi connectivity index (χ1v) is 12.2. The number of esters is 1. The number of benzene rings is 2. The molecule has 1 N–H and O–H groups in total. The van der Waals surface area contributed by atoms with Gasteiger partial charge in [-0.25, -0.2) is 13.2 Å². The molecule has 0 unspecified atom stereocenters. The summed E-state index contributed by atoms with van der Waals surface area (Å²) in [6.07, 6.45) is 2.62. The number of amides is 1. The van der Waals surface area contributed by atoms with E-state index in [-0.39, 0.29) is 16.3 Å². The Bertz CT molecular complexity index is 1110. The van der Waals surface area contributed by atoms with E-state index in [9.17, 15) is 18.0 Å². The standard InChI is InChI=1S/C23H28N2O8S/c1-30-19-11-10-17(34(28,29)25-12-6-3-7-13-25)14-18(19)24-22(26)15-33-23(27)16-32-21-9-5-4-8-20(21)31-2/h4-5,8-11,14H,3,6-7,12-13,15-16H2,1-2H3,(H,24,26). The fourth-order valence-electron chi connectivity index (χ4n) is 3.45. The maximum atomic E-state index is 13.0. The van der Waals surface area contributed by atoms with Crippen LogP contribution >= 0.6 is 0 Å². The Morgan fingerprint density at radius 1 is 0.912 bits per heavy atom. The van der Waals surface area contributed by atoms with Gasteiger partial charge in [0.05, 0.1) is 24.8 Å². The summed E-state index contributed by atoms with van der Waals surface area (Å²) in [7, 11) is -0.816. The van der Waals surface area contributed by atoms with Gasteiger partial charge in [0, 0.05) is 13.1 Å². The lowest BCUT2D eigenvalue weighted by atomic mass is 10.2. The van der Waals surface area contributed by atoms with Crippen LogP contribution in [-0.4, -0.2) is 65.1 Å². The normalized spacial score (nSPS) is 14.2. The molecule has 1 fully saturated rings. The van der Waals surface area contributed by atoms with E-state index in [1.165, 1.54) is 36.7 Å². The minimum Gasteiger partial charge on any atom is -0.495 e. The first-order valence-electron chi connectivity index (χ1n) is 10.7. The van der Waals surface area contributed by atoms with E-state index in [1.54, 1.807) is 24.3 Å². The van der Waals surface area contributed by atoms with Gasteiger partial charge in [0.15, 0.2) is 24.7 Å². The minimum absolute atomic E-state index is 0.0488. The van der Waals surface area contributed by atoms with Gasteiger partial charge in [0.1, 0.15) is 5.75 Å². The largest absolute Gasteiger partial charge is 0.495 e. The number of carbonyl (C=O) groups is 2. The van der Waals surface area contributed by atoms with Crippen LogP contribution in [0.1, 0.15) is 19.3 Å². The first-order chi connectivity index (χ1) is 16.3. The number of ether oxygens (including phenoxy) is 4. The van der Waals surface area contributed by atoms with Gasteiger partial charge in [-0.05, 0) is 43.2 Å². The van der Waals surface area contributed by atoms with Gasteiger partial charge in [0.2, 0.25) is 10.0 Å². The minimum atomic E-state index is -3.70. The van der Waals surface area contributed by atoms with Crippen LogP contribution < -0.4 is 19.5 Å². The third-order valence-electron chi connectivity index (χ3n) is 5.18. The number of anilines is 1. The van der Waals surface area contributed by atoms with Gasteiger partial charge in [-0.15, -0.1) is 0 Å². The molecule has 34 heavy (non-hydrogen) atoms. The topological polar surface area (TPSA) is 120 Å². The summed E-state index contributed by atoms with van der Waals surface area (Å²) in [6.45, 7) is -0.0766. The predicted molar refractivity (Wildman–Crippen MR) is 124 cm³/mol. The van der Waals surface area contributed by atoms with Crippen molar-refractivity contribution in [1.82, 2.24) is 4.31 Å². The molecule has 0 aromatic heterocycles. The molecule has 3 rings (SSSR count). The molecule has 0 atom stereocenters. The molecule has 0 saturated carbocycles. The van der Waals surface area contributed by atoms with Crippen molar-refractivity contribution in [3.05, 3.63) is 42.5 Å². The molecule has 2 aromatic rings. The second-order valence-corrected chi connectivity index (χ2v) is 9.41. The summed E-state index contributed by atoms with van der Waals surface area (Å²) in [5.74, 6) is -0.315. The molecule has 1 heterocycles. The predicted octanol–water partition coefficient (Wildman–Crippen LogP) is 2.44. The monoisotopic (exact) mass is 492 g/mol. The summed E-state index contributed by atoms with van der Waals surface area (Å²) >= 11 is 0.